The fraction of sp³-hybridized carbons (Fsp3) is 0.250. The van der Waals surface area contributed by atoms with Gasteiger partial charge in [0.25, 0.3) is 0 Å². The molecule has 1 heterocycles. The van der Waals surface area contributed by atoms with Crippen LogP contribution in [0.25, 0.3) is 0 Å². The number of benzene rings is 1. The molecule has 0 unspecified atom stereocenters. The highest BCUT2D eigenvalue weighted by atomic mass is 16.5. The fourth-order valence-electron chi connectivity index (χ4n) is 2.11. The van der Waals surface area contributed by atoms with Crippen molar-refractivity contribution in [2.24, 2.45) is 0 Å². The molecule has 0 atom stereocenters. The smallest absolute Gasteiger partial charge is 0.204 e. The van der Waals surface area contributed by atoms with Gasteiger partial charge in [-0.25, -0.2) is 0 Å². The molecule has 1 aromatic heterocycles. The summed E-state index contributed by atoms with van der Waals surface area (Å²) in [6, 6.07) is 5.12. The van der Waals surface area contributed by atoms with Gasteiger partial charge in [0.15, 0.2) is 17.3 Å². The predicted octanol–water partition coefficient (Wildman–Crippen LogP) is 2.65. The summed E-state index contributed by atoms with van der Waals surface area (Å²) in [5, 5.41) is 0. The predicted molar refractivity (Wildman–Crippen MR) is 78.5 cm³/mol. The Labute approximate surface area is 123 Å². The number of nitrogens with zero attached hydrogens (tertiary/aromatic N) is 1. The third-order valence-electron chi connectivity index (χ3n) is 3.09. The summed E-state index contributed by atoms with van der Waals surface area (Å²) < 4.78 is 15.8. The van der Waals surface area contributed by atoms with Crippen molar-refractivity contribution in [1.82, 2.24) is 4.98 Å². The summed E-state index contributed by atoms with van der Waals surface area (Å²) in [5.74, 6) is 1.08. The van der Waals surface area contributed by atoms with Gasteiger partial charge in [-0.05, 0) is 30.7 Å². The van der Waals surface area contributed by atoms with Crippen molar-refractivity contribution in [3.63, 3.8) is 0 Å². The van der Waals surface area contributed by atoms with E-state index in [4.69, 9.17) is 14.2 Å². The zero-order valence-electron chi connectivity index (χ0n) is 12.5. The number of pyridine rings is 1. The molecule has 21 heavy (non-hydrogen) atoms. The van der Waals surface area contributed by atoms with Gasteiger partial charge >= 0.3 is 0 Å². The molecule has 0 saturated heterocycles. The molecular weight excluding hydrogens is 270 g/mol. The minimum absolute atomic E-state index is 0.177. The van der Waals surface area contributed by atoms with Gasteiger partial charge in [-0.15, -0.1) is 0 Å². The standard InChI is InChI=1S/C16H17NO4/c1-10-7-11(9-17-8-10)14(18)12-5-6-13(19-2)16(21-4)15(12)20-3/h5-9H,1-4H3. The molecule has 0 spiro atoms. The largest absolute Gasteiger partial charge is 0.493 e. The van der Waals surface area contributed by atoms with Gasteiger partial charge in [-0.1, -0.05) is 0 Å². The van der Waals surface area contributed by atoms with E-state index in [0.717, 1.165) is 5.56 Å². The summed E-state index contributed by atoms with van der Waals surface area (Å²) in [6.07, 6.45) is 3.23. The monoisotopic (exact) mass is 287 g/mol. The van der Waals surface area contributed by atoms with Gasteiger partial charge in [0.1, 0.15) is 0 Å². The second kappa shape index (κ2) is 6.26. The minimum Gasteiger partial charge on any atom is -0.493 e. The highest BCUT2D eigenvalue weighted by molar-refractivity contribution is 6.11. The van der Waals surface area contributed by atoms with Crippen molar-refractivity contribution in [3.8, 4) is 17.2 Å². The Hall–Kier alpha value is -2.56. The highest BCUT2D eigenvalue weighted by Gasteiger charge is 2.21. The minimum atomic E-state index is -0.177. The lowest BCUT2D eigenvalue weighted by Gasteiger charge is -2.15. The summed E-state index contributed by atoms with van der Waals surface area (Å²) in [7, 11) is 4.52. The van der Waals surface area contributed by atoms with E-state index in [1.807, 2.05) is 6.92 Å². The summed E-state index contributed by atoms with van der Waals surface area (Å²) in [6.45, 7) is 1.88. The maximum absolute atomic E-state index is 12.6. The number of methoxy groups -OCH3 is 3. The molecule has 1 aromatic carbocycles. The molecular formula is C16H17NO4. The molecule has 0 amide bonds. The number of carbonyl (C=O) groups is 1. The molecule has 0 radical (unpaired) electrons. The molecule has 0 aliphatic carbocycles. The third kappa shape index (κ3) is 2.81. The average molecular weight is 287 g/mol. The van der Waals surface area contributed by atoms with E-state index in [9.17, 15) is 4.79 Å². The topological polar surface area (TPSA) is 57.7 Å². The van der Waals surface area contributed by atoms with Crippen molar-refractivity contribution in [1.29, 1.82) is 0 Å². The lowest BCUT2D eigenvalue weighted by Crippen LogP contribution is -2.07. The van der Waals surface area contributed by atoms with Crippen molar-refractivity contribution in [3.05, 3.63) is 47.3 Å². The van der Waals surface area contributed by atoms with Crippen molar-refractivity contribution >= 4 is 5.78 Å². The van der Waals surface area contributed by atoms with Crippen LogP contribution in [0, 0.1) is 6.92 Å². The van der Waals surface area contributed by atoms with E-state index in [-0.39, 0.29) is 5.78 Å². The van der Waals surface area contributed by atoms with Crippen LogP contribution in [-0.4, -0.2) is 32.1 Å². The molecule has 0 fully saturated rings. The number of carbonyl (C=O) groups excluding carboxylic acids is 1. The summed E-state index contributed by atoms with van der Waals surface area (Å²) >= 11 is 0. The maximum atomic E-state index is 12.6. The van der Waals surface area contributed by atoms with Crippen LogP contribution in [0.1, 0.15) is 21.5 Å². The zero-order valence-corrected chi connectivity index (χ0v) is 12.5. The molecule has 5 nitrogen and oxygen atoms in total. The molecule has 0 aliphatic rings. The van der Waals surface area contributed by atoms with Gasteiger partial charge in [0, 0.05) is 18.0 Å². The third-order valence-corrected chi connectivity index (χ3v) is 3.09. The Bertz CT molecular complexity index is 667. The van der Waals surface area contributed by atoms with E-state index in [2.05, 4.69) is 4.98 Å². The van der Waals surface area contributed by atoms with Crippen molar-refractivity contribution < 1.29 is 19.0 Å². The first-order valence-corrected chi connectivity index (χ1v) is 6.37. The van der Waals surface area contributed by atoms with Gasteiger partial charge in [-0.2, -0.15) is 0 Å². The van der Waals surface area contributed by atoms with E-state index >= 15 is 0 Å². The zero-order chi connectivity index (χ0) is 15.4. The molecule has 5 heteroatoms. The van der Waals surface area contributed by atoms with Gasteiger partial charge in [-0.3, -0.25) is 9.78 Å². The van der Waals surface area contributed by atoms with Gasteiger partial charge in [0.2, 0.25) is 5.75 Å². The first-order chi connectivity index (χ1) is 10.1. The first kappa shape index (κ1) is 14.8. The highest BCUT2D eigenvalue weighted by Crippen LogP contribution is 2.40. The number of aromatic nitrogens is 1. The molecule has 0 aliphatic heterocycles. The van der Waals surface area contributed by atoms with Gasteiger partial charge < -0.3 is 14.2 Å². The van der Waals surface area contributed by atoms with Crippen LogP contribution >= 0.6 is 0 Å². The van der Waals surface area contributed by atoms with E-state index in [1.165, 1.54) is 27.5 Å². The number of aryl methyl sites for hydroxylation is 1. The molecule has 0 saturated carbocycles. The van der Waals surface area contributed by atoms with E-state index in [0.29, 0.717) is 28.4 Å². The second-order valence-corrected chi connectivity index (χ2v) is 4.46. The Morgan fingerprint density at radius 1 is 1.00 bits per heavy atom. The Kier molecular flexibility index (Phi) is 4.42. The van der Waals surface area contributed by atoms with Crippen LogP contribution in [0.3, 0.4) is 0 Å². The molecule has 0 N–H and O–H groups in total. The van der Waals surface area contributed by atoms with Crippen LogP contribution in [0.5, 0.6) is 17.2 Å². The number of hydrogen-bond acceptors (Lipinski definition) is 5. The average Bonchev–Trinajstić information content (AvgIpc) is 2.52. The van der Waals surface area contributed by atoms with Crippen LogP contribution < -0.4 is 14.2 Å². The summed E-state index contributed by atoms with van der Waals surface area (Å²) in [4.78, 5) is 16.7. The SMILES string of the molecule is COc1ccc(C(=O)c2cncc(C)c2)c(OC)c1OC. The molecule has 2 rings (SSSR count). The van der Waals surface area contributed by atoms with Gasteiger partial charge in [0.05, 0.1) is 26.9 Å². The lowest BCUT2D eigenvalue weighted by molar-refractivity contribution is 0.103. The Balaban J connectivity index is 2.56. The van der Waals surface area contributed by atoms with Crippen LogP contribution in [-0.2, 0) is 0 Å². The van der Waals surface area contributed by atoms with Crippen molar-refractivity contribution in [2.45, 2.75) is 6.92 Å². The lowest BCUT2D eigenvalue weighted by atomic mass is 10.0. The molecule has 0 bridgehead atoms. The molecule has 110 valence electrons. The van der Waals surface area contributed by atoms with E-state index in [1.54, 1.807) is 24.4 Å². The fourth-order valence-corrected chi connectivity index (χ4v) is 2.11. The first-order valence-electron chi connectivity index (χ1n) is 6.37. The van der Waals surface area contributed by atoms with Crippen LogP contribution in [0.2, 0.25) is 0 Å². The Morgan fingerprint density at radius 3 is 2.29 bits per heavy atom. The quantitative estimate of drug-likeness (QED) is 0.791. The van der Waals surface area contributed by atoms with Crippen LogP contribution in [0.4, 0.5) is 0 Å². The second-order valence-electron chi connectivity index (χ2n) is 4.46. The van der Waals surface area contributed by atoms with Crippen LogP contribution in [0.15, 0.2) is 30.6 Å². The Morgan fingerprint density at radius 2 is 1.71 bits per heavy atom. The van der Waals surface area contributed by atoms with Crippen molar-refractivity contribution in [2.75, 3.05) is 21.3 Å². The molecule has 2 aromatic rings. The summed E-state index contributed by atoms with van der Waals surface area (Å²) in [5.41, 5.74) is 1.82. The number of ketones is 1. The number of rotatable bonds is 5. The normalized spacial score (nSPS) is 10.1. The van der Waals surface area contributed by atoms with E-state index < -0.39 is 0 Å². The maximum Gasteiger partial charge on any atom is 0.204 e. The number of ether oxygens (including phenoxy) is 3. The number of hydrogen-bond donors (Lipinski definition) is 0.